The molecule has 0 atom stereocenters. The highest BCUT2D eigenvalue weighted by molar-refractivity contribution is 6.05. The van der Waals surface area contributed by atoms with E-state index < -0.39 is 0 Å². The van der Waals surface area contributed by atoms with Gasteiger partial charge in [0.2, 0.25) is 5.89 Å². The summed E-state index contributed by atoms with van der Waals surface area (Å²) >= 11 is 0. The van der Waals surface area contributed by atoms with E-state index in [0.29, 0.717) is 34.0 Å². The summed E-state index contributed by atoms with van der Waals surface area (Å²) < 4.78 is 11.0. The molecule has 140 valence electrons. The summed E-state index contributed by atoms with van der Waals surface area (Å²) in [5, 5.41) is 2.89. The van der Waals surface area contributed by atoms with Crippen LogP contribution in [0.3, 0.4) is 0 Å². The Hall–Kier alpha value is -3.60. The van der Waals surface area contributed by atoms with Crippen LogP contribution in [0.2, 0.25) is 0 Å². The van der Waals surface area contributed by atoms with Crippen molar-refractivity contribution in [3.8, 4) is 17.2 Å². The van der Waals surface area contributed by atoms with Gasteiger partial charge in [-0.25, -0.2) is 4.98 Å². The Morgan fingerprint density at radius 3 is 2.46 bits per heavy atom. The number of carbonyl (C=O) groups is 1. The van der Waals surface area contributed by atoms with Crippen molar-refractivity contribution in [2.24, 2.45) is 0 Å². The number of ether oxygens (including phenoxy) is 1. The third-order valence-corrected chi connectivity index (χ3v) is 4.61. The van der Waals surface area contributed by atoms with Crippen LogP contribution in [0, 0.1) is 0 Å². The van der Waals surface area contributed by atoms with Gasteiger partial charge >= 0.3 is 0 Å². The average Bonchev–Trinajstić information content (AvgIpc) is 3.17. The Labute approximate surface area is 163 Å². The second-order valence-electron chi connectivity index (χ2n) is 6.43. The maximum absolute atomic E-state index is 12.4. The van der Waals surface area contributed by atoms with E-state index in [1.165, 1.54) is 5.56 Å². The molecule has 0 aliphatic carbocycles. The van der Waals surface area contributed by atoms with Crippen LogP contribution in [0.4, 0.5) is 5.69 Å². The Morgan fingerprint density at radius 2 is 1.79 bits per heavy atom. The first-order valence-corrected chi connectivity index (χ1v) is 9.11. The number of hydrogen-bond acceptors (Lipinski definition) is 4. The molecule has 0 unspecified atom stereocenters. The molecule has 1 heterocycles. The fraction of sp³-hybridized carbons (Fsp3) is 0.130. The molecule has 4 aromatic rings. The van der Waals surface area contributed by atoms with Crippen LogP contribution in [-0.2, 0) is 6.42 Å². The van der Waals surface area contributed by atoms with Crippen molar-refractivity contribution in [1.82, 2.24) is 4.98 Å². The average molecular weight is 372 g/mol. The highest BCUT2D eigenvalue weighted by atomic mass is 16.5. The SMILES string of the molecule is CCc1ccc(-c2nc3cc(NC(=O)c4ccc(OC)cc4)ccc3o2)cc1. The third kappa shape index (κ3) is 3.60. The van der Waals surface area contributed by atoms with Gasteiger partial charge in [-0.3, -0.25) is 4.79 Å². The van der Waals surface area contributed by atoms with Crippen molar-refractivity contribution in [3.63, 3.8) is 0 Å². The van der Waals surface area contributed by atoms with Gasteiger partial charge in [0, 0.05) is 16.8 Å². The molecule has 0 bridgehead atoms. The number of aromatic nitrogens is 1. The number of fused-ring (bicyclic) bond motifs is 1. The van der Waals surface area contributed by atoms with Gasteiger partial charge in [0.05, 0.1) is 7.11 Å². The summed E-state index contributed by atoms with van der Waals surface area (Å²) in [4.78, 5) is 17.0. The quantitative estimate of drug-likeness (QED) is 0.515. The van der Waals surface area contributed by atoms with Crippen molar-refractivity contribution < 1.29 is 13.9 Å². The summed E-state index contributed by atoms with van der Waals surface area (Å²) in [7, 11) is 1.59. The number of methoxy groups -OCH3 is 1. The minimum absolute atomic E-state index is 0.194. The molecule has 5 heteroatoms. The zero-order chi connectivity index (χ0) is 19.5. The summed E-state index contributed by atoms with van der Waals surface area (Å²) in [5.41, 5.74) is 4.78. The molecule has 5 nitrogen and oxygen atoms in total. The lowest BCUT2D eigenvalue weighted by Gasteiger charge is -2.06. The normalized spacial score (nSPS) is 10.8. The number of benzene rings is 3. The number of aryl methyl sites for hydroxylation is 1. The minimum Gasteiger partial charge on any atom is -0.497 e. The molecule has 1 N–H and O–H groups in total. The largest absolute Gasteiger partial charge is 0.497 e. The lowest BCUT2D eigenvalue weighted by atomic mass is 10.1. The molecule has 1 amide bonds. The predicted octanol–water partition coefficient (Wildman–Crippen LogP) is 5.32. The molecular formula is C23H20N2O3. The molecule has 3 aromatic carbocycles. The van der Waals surface area contributed by atoms with Crippen molar-refractivity contribution in [3.05, 3.63) is 77.9 Å². The van der Waals surface area contributed by atoms with E-state index in [-0.39, 0.29) is 5.91 Å². The first-order chi connectivity index (χ1) is 13.7. The van der Waals surface area contributed by atoms with E-state index >= 15 is 0 Å². The molecule has 0 fully saturated rings. The topological polar surface area (TPSA) is 64.4 Å². The summed E-state index contributed by atoms with van der Waals surface area (Å²) in [6.45, 7) is 2.12. The van der Waals surface area contributed by atoms with E-state index in [9.17, 15) is 4.79 Å². The Kier molecular flexibility index (Phi) is 4.81. The van der Waals surface area contributed by atoms with Gasteiger partial charge < -0.3 is 14.5 Å². The first kappa shape index (κ1) is 17.8. The number of carbonyl (C=O) groups excluding carboxylic acids is 1. The minimum atomic E-state index is -0.194. The fourth-order valence-corrected chi connectivity index (χ4v) is 2.96. The van der Waals surface area contributed by atoms with Crippen molar-refractivity contribution in [2.45, 2.75) is 13.3 Å². The number of nitrogens with zero attached hydrogens (tertiary/aromatic N) is 1. The number of oxazole rings is 1. The van der Waals surface area contributed by atoms with Gasteiger partial charge in [-0.2, -0.15) is 0 Å². The predicted molar refractivity (Wildman–Crippen MR) is 110 cm³/mol. The lowest BCUT2D eigenvalue weighted by molar-refractivity contribution is 0.102. The van der Waals surface area contributed by atoms with Gasteiger partial charge in [0.15, 0.2) is 5.58 Å². The van der Waals surface area contributed by atoms with E-state index in [1.54, 1.807) is 37.4 Å². The summed E-state index contributed by atoms with van der Waals surface area (Å²) in [5.74, 6) is 1.08. The molecule has 0 saturated heterocycles. The number of anilines is 1. The smallest absolute Gasteiger partial charge is 0.255 e. The first-order valence-electron chi connectivity index (χ1n) is 9.11. The van der Waals surface area contributed by atoms with Crippen molar-refractivity contribution in [2.75, 3.05) is 12.4 Å². The van der Waals surface area contributed by atoms with Gasteiger partial charge in [0.25, 0.3) is 5.91 Å². The van der Waals surface area contributed by atoms with Crippen LogP contribution < -0.4 is 10.1 Å². The Bertz CT molecular complexity index is 1110. The van der Waals surface area contributed by atoms with Crippen LogP contribution >= 0.6 is 0 Å². The van der Waals surface area contributed by atoms with E-state index in [0.717, 1.165) is 12.0 Å². The van der Waals surface area contributed by atoms with Gasteiger partial charge in [-0.05, 0) is 66.6 Å². The molecule has 0 radical (unpaired) electrons. The zero-order valence-electron chi connectivity index (χ0n) is 15.7. The van der Waals surface area contributed by atoms with Gasteiger partial charge in [-0.1, -0.05) is 19.1 Å². The van der Waals surface area contributed by atoms with Crippen molar-refractivity contribution >= 4 is 22.7 Å². The number of rotatable bonds is 5. The fourth-order valence-electron chi connectivity index (χ4n) is 2.96. The summed E-state index contributed by atoms with van der Waals surface area (Å²) in [6.07, 6.45) is 0.991. The standard InChI is InChI=1S/C23H20N2O3/c1-3-15-4-6-17(7-5-15)23-25-20-14-18(10-13-21(20)28-23)24-22(26)16-8-11-19(27-2)12-9-16/h4-14H,3H2,1-2H3,(H,24,26). The van der Waals surface area contributed by atoms with Gasteiger partial charge in [-0.15, -0.1) is 0 Å². The maximum Gasteiger partial charge on any atom is 0.255 e. The van der Waals surface area contributed by atoms with E-state index in [4.69, 9.17) is 9.15 Å². The van der Waals surface area contributed by atoms with Gasteiger partial charge in [0.1, 0.15) is 11.3 Å². The number of hydrogen-bond donors (Lipinski definition) is 1. The van der Waals surface area contributed by atoms with Crippen LogP contribution in [-0.4, -0.2) is 18.0 Å². The molecule has 0 saturated carbocycles. The highest BCUT2D eigenvalue weighted by Gasteiger charge is 2.11. The monoisotopic (exact) mass is 372 g/mol. The van der Waals surface area contributed by atoms with E-state index in [2.05, 4.69) is 29.4 Å². The molecule has 1 aromatic heterocycles. The third-order valence-electron chi connectivity index (χ3n) is 4.61. The van der Waals surface area contributed by atoms with Crippen molar-refractivity contribution in [1.29, 1.82) is 0 Å². The zero-order valence-corrected chi connectivity index (χ0v) is 15.7. The van der Waals surface area contributed by atoms with Crippen LogP contribution in [0.25, 0.3) is 22.6 Å². The van der Waals surface area contributed by atoms with E-state index in [1.807, 2.05) is 24.3 Å². The van der Waals surface area contributed by atoms with Crippen LogP contribution in [0.1, 0.15) is 22.8 Å². The summed E-state index contributed by atoms with van der Waals surface area (Å²) in [6, 6.07) is 20.6. The molecule has 0 aliphatic heterocycles. The Morgan fingerprint density at radius 1 is 1.04 bits per heavy atom. The second-order valence-corrected chi connectivity index (χ2v) is 6.43. The number of amides is 1. The highest BCUT2D eigenvalue weighted by Crippen LogP contribution is 2.27. The molecule has 0 aliphatic rings. The molecular weight excluding hydrogens is 352 g/mol. The lowest BCUT2D eigenvalue weighted by Crippen LogP contribution is -2.11. The number of nitrogens with one attached hydrogen (secondary N) is 1. The second kappa shape index (κ2) is 7.56. The molecule has 4 rings (SSSR count). The maximum atomic E-state index is 12.4. The molecule has 28 heavy (non-hydrogen) atoms. The van der Waals surface area contributed by atoms with Crippen LogP contribution in [0.5, 0.6) is 5.75 Å². The Balaban J connectivity index is 1.56. The van der Waals surface area contributed by atoms with Crippen LogP contribution in [0.15, 0.2) is 71.1 Å². The molecule has 0 spiro atoms.